The molecule has 0 unspecified atom stereocenters. The third kappa shape index (κ3) is 3.04. The van der Waals surface area contributed by atoms with E-state index in [1.54, 1.807) is 48.5 Å². The van der Waals surface area contributed by atoms with Crippen molar-refractivity contribution in [1.29, 1.82) is 0 Å². The van der Waals surface area contributed by atoms with E-state index >= 15 is 0 Å². The Bertz CT molecular complexity index is 1030. The van der Waals surface area contributed by atoms with E-state index < -0.39 is 11.6 Å². The van der Waals surface area contributed by atoms with E-state index in [9.17, 15) is 14.7 Å². The van der Waals surface area contributed by atoms with Crippen molar-refractivity contribution in [3.63, 3.8) is 0 Å². The maximum atomic E-state index is 12.8. The number of fused-ring (bicyclic) bond motifs is 2. The van der Waals surface area contributed by atoms with Crippen LogP contribution in [0.15, 0.2) is 60.7 Å². The fourth-order valence-electron chi connectivity index (χ4n) is 2.97. The van der Waals surface area contributed by atoms with Crippen molar-refractivity contribution in [2.75, 3.05) is 5.73 Å². The van der Waals surface area contributed by atoms with Gasteiger partial charge >= 0.3 is 0 Å². The quantitative estimate of drug-likeness (QED) is 0.403. The van der Waals surface area contributed by atoms with Gasteiger partial charge in [-0.05, 0) is 12.1 Å². The third-order valence-electron chi connectivity index (χ3n) is 4.15. The van der Waals surface area contributed by atoms with Gasteiger partial charge in [0.25, 0.3) is 0 Å². The van der Waals surface area contributed by atoms with E-state index in [-0.39, 0.29) is 39.4 Å². The zero-order valence-electron chi connectivity index (χ0n) is 15.0. The van der Waals surface area contributed by atoms with Crippen molar-refractivity contribution in [2.24, 2.45) is 0 Å². The molecule has 0 bridgehead atoms. The zero-order chi connectivity index (χ0) is 19.6. The molecule has 0 atom stereocenters. The molecule has 0 saturated carbocycles. The zero-order valence-corrected chi connectivity index (χ0v) is 15.0. The smallest absolute Gasteiger partial charge is 0.198 e. The maximum absolute atomic E-state index is 12.8. The minimum Gasteiger partial charge on any atom is -0.507 e. The van der Waals surface area contributed by atoms with Gasteiger partial charge in [-0.1, -0.05) is 56.3 Å². The number of nitrogens with two attached hydrogens (primary N) is 1. The number of ether oxygens (including phenoxy) is 1. The van der Waals surface area contributed by atoms with E-state index in [0.717, 1.165) is 0 Å². The topological polar surface area (TPSA) is 89.6 Å². The van der Waals surface area contributed by atoms with E-state index in [1.165, 1.54) is 6.07 Å². The van der Waals surface area contributed by atoms with Gasteiger partial charge in [0.2, 0.25) is 0 Å². The Morgan fingerprint density at radius 2 is 1.33 bits per heavy atom. The van der Waals surface area contributed by atoms with Gasteiger partial charge in [0, 0.05) is 17.2 Å². The van der Waals surface area contributed by atoms with Crippen molar-refractivity contribution in [3.05, 3.63) is 82.9 Å². The lowest BCUT2D eigenvalue weighted by molar-refractivity contribution is 0.0977. The molecule has 1 aliphatic carbocycles. The molecule has 0 heterocycles. The minimum absolute atomic E-state index is 0.0189. The molecule has 3 N–H and O–H groups in total. The number of ketones is 2. The van der Waals surface area contributed by atoms with Crippen molar-refractivity contribution in [1.82, 2.24) is 0 Å². The van der Waals surface area contributed by atoms with Crippen molar-refractivity contribution >= 4 is 17.3 Å². The highest BCUT2D eigenvalue weighted by atomic mass is 16.5. The van der Waals surface area contributed by atoms with Crippen molar-refractivity contribution in [2.45, 2.75) is 13.8 Å². The first-order valence-corrected chi connectivity index (χ1v) is 8.64. The van der Waals surface area contributed by atoms with Gasteiger partial charge in [-0.15, -0.1) is 0 Å². The molecule has 0 amide bonds. The SMILES string of the molecule is CC.Nc1c(Oc2ccccc2)cc(O)c2c1C(=O)c1ccccc1C2=O. The lowest BCUT2D eigenvalue weighted by atomic mass is 9.82. The highest BCUT2D eigenvalue weighted by molar-refractivity contribution is 6.31. The Kier molecular flexibility index (Phi) is 4.94. The molecule has 0 radical (unpaired) electrons. The van der Waals surface area contributed by atoms with E-state index in [2.05, 4.69) is 0 Å². The lowest BCUT2D eigenvalue weighted by Crippen LogP contribution is -2.22. The van der Waals surface area contributed by atoms with Gasteiger partial charge in [-0.3, -0.25) is 9.59 Å². The van der Waals surface area contributed by atoms with Crippen LogP contribution in [-0.2, 0) is 0 Å². The van der Waals surface area contributed by atoms with E-state index in [0.29, 0.717) is 5.75 Å². The number of carbonyl (C=O) groups is 2. The standard InChI is InChI=1S/C20H13NO4.C2H6/c21-18-15(25-11-6-2-1-3-7-11)10-14(22)16-17(18)20(24)13-9-5-4-8-12(13)19(16)23;1-2/h1-10,22H,21H2;1-2H3. The number of nitrogen functional groups attached to an aromatic ring is 1. The molecule has 0 fully saturated rings. The Balaban J connectivity index is 0.00000102. The van der Waals surface area contributed by atoms with E-state index in [1.807, 2.05) is 19.9 Å². The number of hydrogen-bond donors (Lipinski definition) is 2. The third-order valence-corrected chi connectivity index (χ3v) is 4.15. The number of hydrogen-bond acceptors (Lipinski definition) is 5. The summed E-state index contributed by atoms with van der Waals surface area (Å²) in [6.45, 7) is 4.00. The summed E-state index contributed by atoms with van der Waals surface area (Å²) >= 11 is 0. The largest absolute Gasteiger partial charge is 0.507 e. The van der Waals surface area contributed by atoms with Gasteiger partial charge in [-0.25, -0.2) is 0 Å². The second kappa shape index (κ2) is 7.33. The van der Waals surface area contributed by atoms with Crippen LogP contribution in [0.3, 0.4) is 0 Å². The van der Waals surface area contributed by atoms with Gasteiger partial charge in [0.05, 0.1) is 16.8 Å². The first-order chi connectivity index (χ1) is 13.1. The monoisotopic (exact) mass is 361 g/mol. The Morgan fingerprint density at radius 1 is 0.815 bits per heavy atom. The molecule has 27 heavy (non-hydrogen) atoms. The lowest BCUT2D eigenvalue weighted by Gasteiger charge is -2.21. The second-order valence-electron chi connectivity index (χ2n) is 5.68. The molecule has 136 valence electrons. The Morgan fingerprint density at radius 3 is 1.93 bits per heavy atom. The molecule has 3 aromatic carbocycles. The van der Waals surface area contributed by atoms with Gasteiger partial charge < -0.3 is 15.6 Å². The Hall–Kier alpha value is -3.60. The number of para-hydroxylation sites is 1. The van der Waals surface area contributed by atoms with Crippen LogP contribution in [0.1, 0.15) is 45.7 Å². The molecular formula is C22H19NO4. The number of anilines is 1. The number of phenolic OH excluding ortho intramolecular Hbond substituents is 1. The van der Waals surface area contributed by atoms with Gasteiger partial charge in [-0.2, -0.15) is 0 Å². The highest BCUT2D eigenvalue weighted by Gasteiger charge is 2.35. The maximum Gasteiger partial charge on any atom is 0.198 e. The average molecular weight is 361 g/mol. The number of aromatic hydroxyl groups is 1. The molecule has 0 spiro atoms. The fraction of sp³-hybridized carbons (Fsp3) is 0.0909. The van der Waals surface area contributed by atoms with Crippen molar-refractivity contribution < 1.29 is 19.4 Å². The molecule has 1 aliphatic rings. The summed E-state index contributed by atoms with van der Waals surface area (Å²) in [6, 6.07) is 16.6. The summed E-state index contributed by atoms with van der Waals surface area (Å²) in [5.74, 6) is -0.535. The fourth-order valence-corrected chi connectivity index (χ4v) is 2.97. The normalized spacial score (nSPS) is 11.8. The first-order valence-electron chi connectivity index (χ1n) is 8.64. The molecule has 5 heteroatoms. The van der Waals surface area contributed by atoms with Crippen LogP contribution in [0.2, 0.25) is 0 Å². The summed E-state index contributed by atoms with van der Waals surface area (Å²) in [5.41, 5.74) is 6.58. The summed E-state index contributed by atoms with van der Waals surface area (Å²) in [4.78, 5) is 25.5. The Labute approximate surface area is 157 Å². The van der Waals surface area contributed by atoms with Crippen LogP contribution in [0, 0.1) is 0 Å². The second-order valence-corrected chi connectivity index (χ2v) is 5.68. The van der Waals surface area contributed by atoms with Gasteiger partial charge in [0.1, 0.15) is 11.5 Å². The van der Waals surface area contributed by atoms with Crippen molar-refractivity contribution in [3.8, 4) is 17.2 Å². The first kappa shape index (κ1) is 18.2. The molecule has 3 aromatic rings. The van der Waals surface area contributed by atoms with Crippen LogP contribution in [0.4, 0.5) is 5.69 Å². The molecular weight excluding hydrogens is 342 g/mol. The molecule has 0 aromatic heterocycles. The number of rotatable bonds is 2. The summed E-state index contributed by atoms with van der Waals surface area (Å²) in [5, 5.41) is 10.3. The highest BCUT2D eigenvalue weighted by Crippen LogP contribution is 2.42. The van der Waals surface area contributed by atoms with Crippen LogP contribution in [-0.4, -0.2) is 16.7 Å². The molecule has 0 saturated heterocycles. The predicted octanol–water partition coefficient (Wildman–Crippen LogP) is 4.57. The average Bonchev–Trinajstić information content (AvgIpc) is 2.71. The summed E-state index contributed by atoms with van der Waals surface area (Å²) in [6.07, 6.45) is 0. The van der Waals surface area contributed by atoms with Gasteiger partial charge in [0.15, 0.2) is 17.3 Å². The van der Waals surface area contributed by atoms with Crippen LogP contribution < -0.4 is 10.5 Å². The minimum atomic E-state index is -0.430. The number of benzene rings is 3. The van der Waals surface area contributed by atoms with Crippen LogP contribution >= 0.6 is 0 Å². The molecule has 5 nitrogen and oxygen atoms in total. The predicted molar refractivity (Wildman–Crippen MR) is 104 cm³/mol. The van der Waals surface area contributed by atoms with Crippen LogP contribution in [0.5, 0.6) is 17.2 Å². The summed E-state index contributed by atoms with van der Waals surface area (Å²) in [7, 11) is 0. The summed E-state index contributed by atoms with van der Waals surface area (Å²) < 4.78 is 5.68. The van der Waals surface area contributed by atoms with Crippen LogP contribution in [0.25, 0.3) is 0 Å². The molecule has 4 rings (SSSR count). The number of phenols is 1. The molecule has 0 aliphatic heterocycles. The number of carbonyl (C=O) groups excluding carboxylic acids is 2. The van der Waals surface area contributed by atoms with E-state index in [4.69, 9.17) is 10.5 Å².